The second-order valence-corrected chi connectivity index (χ2v) is 6.67. The number of likely N-dealkylation sites (N-methyl/N-ethyl adjacent to an activating group) is 1. The van der Waals surface area contributed by atoms with E-state index in [1.54, 1.807) is 18.0 Å². The van der Waals surface area contributed by atoms with Gasteiger partial charge in [-0.2, -0.15) is 9.67 Å². The Morgan fingerprint density at radius 1 is 1.11 bits per heavy atom. The fraction of sp³-hybridized carbons (Fsp3) is 0.444. The average Bonchev–Trinajstić information content (AvgIpc) is 3.13. The Kier molecular flexibility index (Phi) is 5.12. The molecule has 0 atom stereocenters. The normalized spacial score (nSPS) is 15.9. The number of methoxy groups -OCH3 is 1. The van der Waals surface area contributed by atoms with Crippen molar-refractivity contribution in [1.82, 2.24) is 34.8 Å². The molecule has 1 aliphatic heterocycles. The maximum absolute atomic E-state index is 5.21. The summed E-state index contributed by atoms with van der Waals surface area (Å²) in [7, 11) is 3.81. The van der Waals surface area contributed by atoms with Crippen molar-refractivity contribution in [2.24, 2.45) is 0 Å². The summed E-state index contributed by atoms with van der Waals surface area (Å²) in [5.74, 6) is 1.39. The predicted octanol–water partition coefficient (Wildman–Crippen LogP) is 0.878. The minimum atomic E-state index is 0.591. The molecule has 3 heterocycles. The molecular weight excluding hydrogens is 344 g/mol. The topological polar surface area (TPSA) is 84.2 Å². The maximum atomic E-state index is 5.21. The highest BCUT2D eigenvalue weighted by Gasteiger charge is 2.14. The fourth-order valence-corrected chi connectivity index (χ4v) is 3.11. The van der Waals surface area contributed by atoms with Gasteiger partial charge < -0.3 is 15.0 Å². The number of benzene rings is 1. The zero-order valence-corrected chi connectivity index (χ0v) is 15.7. The summed E-state index contributed by atoms with van der Waals surface area (Å²) in [6.07, 6.45) is 1.70. The molecule has 0 radical (unpaired) electrons. The molecule has 1 N–H and O–H groups in total. The number of fused-ring (bicyclic) bond motifs is 1. The number of aromatic nitrogens is 5. The van der Waals surface area contributed by atoms with E-state index in [1.165, 1.54) is 0 Å². The molecule has 0 amide bonds. The summed E-state index contributed by atoms with van der Waals surface area (Å²) in [6.45, 7) is 6.23. The largest absolute Gasteiger partial charge is 0.497 e. The van der Waals surface area contributed by atoms with Crippen LogP contribution in [0, 0.1) is 0 Å². The molecule has 0 unspecified atom stereocenters. The Balaban J connectivity index is 1.45. The predicted molar refractivity (Wildman–Crippen MR) is 103 cm³/mol. The van der Waals surface area contributed by atoms with Crippen molar-refractivity contribution >= 4 is 17.1 Å². The molecule has 142 valence electrons. The average molecular weight is 368 g/mol. The van der Waals surface area contributed by atoms with Crippen LogP contribution in [-0.2, 0) is 0 Å². The van der Waals surface area contributed by atoms with E-state index in [0.717, 1.165) is 50.7 Å². The van der Waals surface area contributed by atoms with Gasteiger partial charge in [-0.15, -0.1) is 5.10 Å². The highest BCUT2D eigenvalue weighted by Crippen LogP contribution is 2.18. The zero-order valence-electron chi connectivity index (χ0n) is 15.7. The molecule has 1 aliphatic rings. The number of ether oxygens (including phenoxy) is 1. The van der Waals surface area contributed by atoms with Crippen LogP contribution in [0.25, 0.3) is 16.9 Å². The minimum Gasteiger partial charge on any atom is -0.497 e. The monoisotopic (exact) mass is 368 g/mol. The van der Waals surface area contributed by atoms with E-state index in [1.807, 2.05) is 24.3 Å². The van der Waals surface area contributed by atoms with E-state index in [9.17, 15) is 0 Å². The van der Waals surface area contributed by atoms with E-state index in [2.05, 4.69) is 42.4 Å². The fourth-order valence-electron chi connectivity index (χ4n) is 3.11. The first-order valence-electron chi connectivity index (χ1n) is 9.10. The van der Waals surface area contributed by atoms with Gasteiger partial charge in [0.15, 0.2) is 11.2 Å². The van der Waals surface area contributed by atoms with E-state index in [-0.39, 0.29) is 0 Å². The first-order valence-corrected chi connectivity index (χ1v) is 9.10. The van der Waals surface area contributed by atoms with Crippen LogP contribution >= 0.6 is 0 Å². The van der Waals surface area contributed by atoms with Crippen molar-refractivity contribution in [3.8, 4) is 11.4 Å². The maximum Gasteiger partial charge on any atom is 0.224 e. The molecule has 0 saturated carbocycles. The zero-order chi connectivity index (χ0) is 18.6. The Hall–Kier alpha value is -2.78. The van der Waals surface area contributed by atoms with Gasteiger partial charge in [-0.1, -0.05) is 5.21 Å². The van der Waals surface area contributed by atoms with Crippen LogP contribution in [0.4, 0.5) is 5.95 Å². The number of anilines is 1. The lowest BCUT2D eigenvalue weighted by molar-refractivity contribution is 0.158. The van der Waals surface area contributed by atoms with Crippen LogP contribution in [-0.4, -0.2) is 88.2 Å². The van der Waals surface area contributed by atoms with Gasteiger partial charge in [-0.05, 0) is 31.3 Å². The summed E-state index contributed by atoms with van der Waals surface area (Å²) in [5.41, 5.74) is 2.22. The van der Waals surface area contributed by atoms with Crippen LogP contribution < -0.4 is 10.1 Å². The molecule has 0 spiro atoms. The quantitative estimate of drug-likeness (QED) is 0.686. The summed E-state index contributed by atoms with van der Waals surface area (Å²) < 4.78 is 6.92. The van der Waals surface area contributed by atoms with Crippen molar-refractivity contribution in [3.05, 3.63) is 30.5 Å². The Morgan fingerprint density at radius 2 is 1.89 bits per heavy atom. The standard InChI is InChI=1S/C18H24N8O/c1-24-9-11-25(12-10-24)8-7-19-18-20-13-16-17(21-18)26(23-22-16)14-3-5-15(27-2)6-4-14/h3-6,13H,7-12H2,1-2H3,(H,19,20,21). The third kappa shape index (κ3) is 3.99. The number of nitrogens with zero attached hydrogens (tertiary/aromatic N) is 7. The molecule has 0 bridgehead atoms. The lowest BCUT2D eigenvalue weighted by Gasteiger charge is -2.32. The van der Waals surface area contributed by atoms with Crippen molar-refractivity contribution in [2.75, 3.05) is 58.7 Å². The van der Waals surface area contributed by atoms with Crippen LogP contribution in [0.5, 0.6) is 5.75 Å². The third-order valence-electron chi connectivity index (χ3n) is 4.82. The molecular formula is C18H24N8O. The van der Waals surface area contributed by atoms with Crippen molar-refractivity contribution in [2.45, 2.75) is 0 Å². The molecule has 27 heavy (non-hydrogen) atoms. The van der Waals surface area contributed by atoms with E-state index >= 15 is 0 Å². The van der Waals surface area contributed by atoms with Crippen LogP contribution in [0.15, 0.2) is 30.5 Å². The molecule has 1 saturated heterocycles. The Labute approximate surface area is 158 Å². The van der Waals surface area contributed by atoms with Gasteiger partial charge in [0.25, 0.3) is 0 Å². The Morgan fingerprint density at radius 3 is 2.63 bits per heavy atom. The molecule has 2 aromatic heterocycles. The SMILES string of the molecule is COc1ccc(-n2nnc3cnc(NCCN4CCN(C)CC4)nc32)cc1. The lowest BCUT2D eigenvalue weighted by atomic mass is 10.3. The molecule has 1 aromatic carbocycles. The summed E-state index contributed by atoms with van der Waals surface area (Å²) in [4.78, 5) is 13.8. The molecule has 4 rings (SSSR count). The summed E-state index contributed by atoms with van der Waals surface area (Å²) in [6, 6.07) is 7.63. The van der Waals surface area contributed by atoms with Gasteiger partial charge in [0.05, 0.1) is 19.0 Å². The highest BCUT2D eigenvalue weighted by atomic mass is 16.5. The molecule has 3 aromatic rings. The van der Waals surface area contributed by atoms with Crippen molar-refractivity contribution in [1.29, 1.82) is 0 Å². The first kappa shape index (κ1) is 17.6. The van der Waals surface area contributed by atoms with E-state index in [4.69, 9.17) is 4.74 Å². The molecule has 0 aliphatic carbocycles. The van der Waals surface area contributed by atoms with Gasteiger partial charge in [-0.25, -0.2) is 4.98 Å². The van der Waals surface area contributed by atoms with Crippen LogP contribution in [0.1, 0.15) is 0 Å². The number of nitrogens with one attached hydrogen (secondary N) is 1. The second kappa shape index (κ2) is 7.85. The summed E-state index contributed by atoms with van der Waals surface area (Å²) in [5, 5.41) is 11.7. The van der Waals surface area contributed by atoms with Crippen LogP contribution in [0.3, 0.4) is 0 Å². The number of hydrogen-bond acceptors (Lipinski definition) is 8. The molecule has 1 fully saturated rings. The first-order chi connectivity index (χ1) is 13.2. The smallest absolute Gasteiger partial charge is 0.224 e. The van der Waals surface area contributed by atoms with Gasteiger partial charge in [0, 0.05) is 39.3 Å². The molecule has 9 heteroatoms. The highest BCUT2D eigenvalue weighted by molar-refractivity contribution is 5.71. The van der Waals surface area contributed by atoms with Crippen molar-refractivity contribution in [3.63, 3.8) is 0 Å². The number of piperazine rings is 1. The van der Waals surface area contributed by atoms with E-state index in [0.29, 0.717) is 17.1 Å². The Bertz CT molecular complexity index is 886. The lowest BCUT2D eigenvalue weighted by Crippen LogP contribution is -2.45. The van der Waals surface area contributed by atoms with Gasteiger partial charge in [-0.3, -0.25) is 4.90 Å². The second-order valence-electron chi connectivity index (χ2n) is 6.67. The number of rotatable bonds is 6. The van der Waals surface area contributed by atoms with E-state index < -0.39 is 0 Å². The summed E-state index contributed by atoms with van der Waals surface area (Å²) >= 11 is 0. The number of hydrogen-bond donors (Lipinski definition) is 1. The molecule has 9 nitrogen and oxygen atoms in total. The van der Waals surface area contributed by atoms with Crippen molar-refractivity contribution < 1.29 is 4.74 Å². The van der Waals surface area contributed by atoms with Crippen LogP contribution in [0.2, 0.25) is 0 Å². The van der Waals surface area contributed by atoms with Gasteiger partial charge >= 0.3 is 0 Å². The van der Waals surface area contributed by atoms with Gasteiger partial charge in [0.1, 0.15) is 5.75 Å². The van der Waals surface area contributed by atoms with Gasteiger partial charge in [0.2, 0.25) is 5.95 Å². The minimum absolute atomic E-state index is 0.591. The third-order valence-corrected chi connectivity index (χ3v) is 4.82.